The molecule has 0 atom stereocenters. The summed E-state index contributed by atoms with van der Waals surface area (Å²) in [6.07, 6.45) is 1.78. The van der Waals surface area contributed by atoms with E-state index < -0.39 is 0 Å². The first-order valence-corrected chi connectivity index (χ1v) is 9.76. The Morgan fingerprint density at radius 2 is 1.59 bits per heavy atom. The van der Waals surface area contributed by atoms with Gasteiger partial charge in [-0.15, -0.1) is 0 Å². The average molecular weight is 401 g/mol. The molecular weight excluding hydrogens is 380 g/mol. The van der Waals surface area contributed by atoms with Crippen LogP contribution in [0.2, 0.25) is 0 Å². The molecule has 1 N–H and O–H groups in total. The van der Waals surface area contributed by atoms with Crippen LogP contribution in [0.25, 0.3) is 22.5 Å². The molecular formula is C23H20N4OS. The van der Waals surface area contributed by atoms with Crippen LogP contribution in [0.3, 0.4) is 0 Å². The van der Waals surface area contributed by atoms with Crippen LogP contribution in [0.15, 0.2) is 84.0 Å². The molecule has 0 amide bonds. The zero-order valence-corrected chi connectivity index (χ0v) is 16.8. The van der Waals surface area contributed by atoms with Crippen LogP contribution in [0.1, 0.15) is 12.5 Å². The number of H-pyrrole nitrogens is 1. The van der Waals surface area contributed by atoms with E-state index in [4.69, 9.17) is 17.0 Å². The van der Waals surface area contributed by atoms with E-state index in [1.54, 1.807) is 10.9 Å². The first-order chi connectivity index (χ1) is 14.2. The van der Waals surface area contributed by atoms with Crippen molar-refractivity contribution >= 4 is 18.4 Å². The Hall–Kier alpha value is -3.51. The number of hydrogen-bond acceptors (Lipinski definition) is 4. The van der Waals surface area contributed by atoms with Crippen LogP contribution < -0.4 is 4.74 Å². The number of benzene rings is 3. The Morgan fingerprint density at radius 3 is 2.28 bits per heavy atom. The number of aromatic amines is 1. The maximum Gasteiger partial charge on any atom is 0.216 e. The number of rotatable bonds is 6. The quantitative estimate of drug-likeness (QED) is 0.341. The van der Waals surface area contributed by atoms with Gasteiger partial charge < -0.3 is 4.74 Å². The van der Waals surface area contributed by atoms with Crippen molar-refractivity contribution in [2.24, 2.45) is 5.10 Å². The molecule has 0 aliphatic heterocycles. The number of ether oxygens (including phenoxy) is 1. The second-order valence-electron chi connectivity index (χ2n) is 6.35. The first-order valence-electron chi connectivity index (χ1n) is 9.35. The molecule has 1 heterocycles. The maximum atomic E-state index is 5.49. The molecule has 144 valence electrons. The van der Waals surface area contributed by atoms with Gasteiger partial charge in [0.25, 0.3) is 0 Å². The largest absolute Gasteiger partial charge is 0.494 e. The normalized spacial score (nSPS) is 11.1. The third kappa shape index (κ3) is 4.33. The zero-order valence-electron chi connectivity index (χ0n) is 15.9. The van der Waals surface area contributed by atoms with E-state index >= 15 is 0 Å². The standard InChI is InChI=1S/C23H20N4OS/c1-2-28-21-14-12-20(13-15-21)22-25-26-23(29)27(22)24-16-17-8-10-19(11-9-17)18-6-4-3-5-7-18/h3-16H,2H2,1H3,(H,26,29)/b24-16-. The topological polar surface area (TPSA) is 55.2 Å². The predicted molar refractivity (Wildman–Crippen MR) is 119 cm³/mol. The van der Waals surface area contributed by atoms with Gasteiger partial charge in [0.15, 0.2) is 5.82 Å². The third-order valence-corrected chi connectivity index (χ3v) is 4.68. The molecule has 0 spiro atoms. The molecule has 4 rings (SSSR count). The van der Waals surface area contributed by atoms with Crippen LogP contribution in [0, 0.1) is 4.77 Å². The van der Waals surface area contributed by atoms with Gasteiger partial charge >= 0.3 is 0 Å². The number of nitrogens with one attached hydrogen (secondary N) is 1. The van der Waals surface area contributed by atoms with Crippen molar-refractivity contribution in [1.82, 2.24) is 14.9 Å². The molecule has 0 bridgehead atoms. The highest BCUT2D eigenvalue weighted by atomic mass is 32.1. The van der Waals surface area contributed by atoms with Gasteiger partial charge in [0.2, 0.25) is 4.77 Å². The lowest BCUT2D eigenvalue weighted by Gasteiger charge is -2.05. The molecule has 6 heteroatoms. The van der Waals surface area contributed by atoms with Crippen LogP contribution in [0.4, 0.5) is 0 Å². The van der Waals surface area contributed by atoms with Gasteiger partial charge in [0.1, 0.15) is 5.75 Å². The molecule has 1 aromatic heterocycles. The Balaban J connectivity index is 1.57. The lowest BCUT2D eigenvalue weighted by Crippen LogP contribution is -1.96. The summed E-state index contributed by atoms with van der Waals surface area (Å²) in [5.74, 6) is 1.47. The average Bonchev–Trinajstić information content (AvgIpc) is 3.14. The summed E-state index contributed by atoms with van der Waals surface area (Å²) < 4.78 is 7.55. The van der Waals surface area contributed by atoms with Crippen LogP contribution >= 0.6 is 12.2 Å². The van der Waals surface area contributed by atoms with E-state index in [1.807, 2.05) is 61.5 Å². The summed E-state index contributed by atoms with van der Waals surface area (Å²) in [4.78, 5) is 0. The van der Waals surface area contributed by atoms with Crippen molar-refractivity contribution in [2.45, 2.75) is 6.92 Å². The van der Waals surface area contributed by atoms with E-state index in [9.17, 15) is 0 Å². The summed E-state index contributed by atoms with van der Waals surface area (Å²) in [5.41, 5.74) is 4.23. The van der Waals surface area contributed by atoms with Gasteiger partial charge in [-0.1, -0.05) is 54.6 Å². The molecule has 0 saturated carbocycles. The van der Waals surface area contributed by atoms with Gasteiger partial charge in [-0.05, 0) is 60.1 Å². The Labute approximate surface area is 174 Å². The third-order valence-electron chi connectivity index (χ3n) is 4.41. The summed E-state index contributed by atoms with van der Waals surface area (Å²) in [5, 5.41) is 11.7. The number of nitrogens with zero attached hydrogens (tertiary/aromatic N) is 3. The van der Waals surface area contributed by atoms with Crippen LogP contribution in [-0.2, 0) is 0 Å². The fourth-order valence-corrected chi connectivity index (χ4v) is 3.15. The SMILES string of the molecule is CCOc1ccc(-c2n[nH]c(=S)n2/N=C\c2ccc(-c3ccccc3)cc2)cc1. The highest BCUT2D eigenvalue weighted by Crippen LogP contribution is 2.22. The van der Waals surface area contributed by atoms with Crippen molar-refractivity contribution in [3.63, 3.8) is 0 Å². The molecule has 0 radical (unpaired) electrons. The number of hydrogen-bond donors (Lipinski definition) is 1. The molecule has 0 fully saturated rings. The lowest BCUT2D eigenvalue weighted by atomic mass is 10.0. The molecule has 3 aromatic carbocycles. The fraction of sp³-hybridized carbons (Fsp3) is 0.0870. The fourth-order valence-electron chi connectivity index (χ4n) is 2.97. The molecule has 0 aliphatic rings. The van der Waals surface area contributed by atoms with E-state index in [1.165, 1.54) is 5.56 Å². The summed E-state index contributed by atoms with van der Waals surface area (Å²) in [7, 11) is 0. The minimum Gasteiger partial charge on any atom is -0.494 e. The summed E-state index contributed by atoms with van der Waals surface area (Å²) >= 11 is 5.35. The van der Waals surface area contributed by atoms with Gasteiger partial charge in [0.05, 0.1) is 12.8 Å². The highest BCUT2D eigenvalue weighted by Gasteiger charge is 2.08. The van der Waals surface area contributed by atoms with E-state index in [0.29, 0.717) is 17.2 Å². The summed E-state index contributed by atoms with van der Waals surface area (Å²) in [6.45, 7) is 2.59. The highest BCUT2D eigenvalue weighted by molar-refractivity contribution is 7.71. The van der Waals surface area contributed by atoms with Crippen molar-refractivity contribution < 1.29 is 4.74 Å². The molecule has 0 aliphatic carbocycles. The van der Waals surface area contributed by atoms with Gasteiger partial charge in [-0.25, -0.2) is 5.10 Å². The monoisotopic (exact) mass is 400 g/mol. The van der Waals surface area contributed by atoms with Crippen molar-refractivity contribution in [3.8, 4) is 28.3 Å². The van der Waals surface area contributed by atoms with Crippen molar-refractivity contribution in [3.05, 3.63) is 89.2 Å². The van der Waals surface area contributed by atoms with Gasteiger partial charge in [0, 0.05) is 5.56 Å². The van der Waals surface area contributed by atoms with Gasteiger partial charge in [-0.3, -0.25) is 0 Å². The number of aromatic nitrogens is 3. The predicted octanol–water partition coefficient (Wildman–Crippen LogP) is 5.56. The summed E-state index contributed by atoms with van der Waals surface area (Å²) in [6, 6.07) is 26.2. The molecule has 4 aromatic rings. The minimum atomic E-state index is 0.436. The van der Waals surface area contributed by atoms with E-state index in [0.717, 1.165) is 22.4 Å². The zero-order chi connectivity index (χ0) is 20.1. The molecule has 0 saturated heterocycles. The van der Waals surface area contributed by atoms with Crippen LogP contribution in [-0.4, -0.2) is 27.7 Å². The van der Waals surface area contributed by atoms with E-state index in [-0.39, 0.29) is 0 Å². The Morgan fingerprint density at radius 1 is 0.931 bits per heavy atom. The first kappa shape index (κ1) is 18.8. The second kappa shape index (κ2) is 8.67. The lowest BCUT2D eigenvalue weighted by molar-refractivity contribution is 0.340. The van der Waals surface area contributed by atoms with Gasteiger partial charge in [-0.2, -0.15) is 14.9 Å². The van der Waals surface area contributed by atoms with Crippen molar-refractivity contribution in [1.29, 1.82) is 0 Å². The van der Waals surface area contributed by atoms with E-state index in [2.05, 4.69) is 39.6 Å². The molecule has 29 heavy (non-hydrogen) atoms. The minimum absolute atomic E-state index is 0.436. The van der Waals surface area contributed by atoms with Crippen molar-refractivity contribution in [2.75, 3.05) is 6.61 Å². The van der Waals surface area contributed by atoms with Crippen LogP contribution in [0.5, 0.6) is 5.75 Å². The maximum absolute atomic E-state index is 5.49. The molecule has 5 nitrogen and oxygen atoms in total. The smallest absolute Gasteiger partial charge is 0.216 e. The Kier molecular flexibility index (Phi) is 5.63. The second-order valence-corrected chi connectivity index (χ2v) is 6.74. The molecule has 0 unspecified atom stereocenters. The Bertz CT molecular complexity index is 1160.